The highest BCUT2D eigenvalue weighted by Gasteiger charge is 2.19. The van der Waals surface area contributed by atoms with Crippen LogP contribution in [0.15, 0.2) is 12.2 Å². The van der Waals surface area contributed by atoms with E-state index in [1.54, 1.807) is 0 Å². The number of ether oxygens (including phenoxy) is 3. The van der Waals surface area contributed by atoms with E-state index < -0.39 is 6.10 Å². The zero-order valence-electron chi connectivity index (χ0n) is 38.4. The van der Waals surface area contributed by atoms with Crippen molar-refractivity contribution in [3.05, 3.63) is 12.2 Å². The quantitative estimate of drug-likeness (QED) is 0.0264. The van der Waals surface area contributed by atoms with E-state index in [2.05, 4.69) is 32.9 Å². The Morgan fingerprint density at radius 1 is 0.333 bits per heavy atom. The third-order valence-corrected chi connectivity index (χ3v) is 11.3. The second-order valence-corrected chi connectivity index (χ2v) is 17.1. The fourth-order valence-corrected chi connectivity index (χ4v) is 7.44. The molecule has 0 aromatic heterocycles. The van der Waals surface area contributed by atoms with Crippen molar-refractivity contribution in [1.29, 1.82) is 0 Å². The molecule has 0 N–H and O–H groups in total. The van der Waals surface area contributed by atoms with Gasteiger partial charge in [0.15, 0.2) is 6.10 Å². The van der Waals surface area contributed by atoms with Gasteiger partial charge in [0.2, 0.25) is 0 Å². The van der Waals surface area contributed by atoms with Gasteiger partial charge in [-0.3, -0.25) is 14.4 Å². The lowest BCUT2D eigenvalue weighted by Crippen LogP contribution is -2.30. The van der Waals surface area contributed by atoms with E-state index in [4.69, 9.17) is 14.2 Å². The number of esters is 3. The van der Waals surface area contributed by atoms with Gasteiger partial charge in [-0.1, -0.05) is 226 Å². The number of carbonyl (C=O) groups is 3. The van der Waals surface area contributed by atoms with Gasteiger partial charge in [-0.05, 0) is 44.9 Å². The summed E-state index contributed by atoms with van der Waals surface area (Å²) in [5, 5.41) is 0. The van der Waals surface area contributed by atoms with Gasteiger partial charge >= 0.3 is 17.9 Å². The number of carbonyl (C=O) groups excluding carboxylic acids is 3. The zero-order valence-corrected chi connectivity index (χ0v) is 38.4. The molecule has 1 atom stereocenters. The maximum atomic E-state index is 12.7. The van der Waals surface area contributed by atoms with Crippen LogP contribution in [0.1, 0.15) is 278 Å². The average molecular weight is 805 g/mol. The molecule has 57 heavy (non-hydrogen) atoms. The lowest BCUT2D eigenvalue weighted by atomic mass is 10.0. The standard InChI is InChI=1S/C51H96O6/c1-4-7-10-13-16-19-21-23-24-25-26-27-28-29-31-32-35-38-41-44-50(53)56-47-48(46-55-49(52)43-40-37-34-18-15-12-9-6-3)57-51(54)45-42-39-36-33-30-22-20-17-14-11-8-5-2/h17,20,48H,4-16,18-19,21-47H2,1-3H3/b20-17-. The van der Waals surface area contributed by atoms with Crippen molar-refractivity contribution in [3.8, 4) is 0 Å². The summed E-state index contributed by atoms with van der Waals surface area (Å²) in [4.78, 5) is 37.7. The monoisotopic (exact) mass is 805 g/mol. The van der Waals surface area contributed by atoms with Gasteiger partial charge in [-0.25, -0.2) is 0 Å². The molecule has 0 aromatic rings. The van der Waals surface area contributed by atoms with Crippen molar-refractivity contribution < 1.29 is 28.6 Å². The summed E-state index contributed by atoms with van der Waals surface area (Å²) in [6, 6.07) is 0. The molecule has 336 valence electrons. The zero-order chi connectivity index (χ0) is 41.5. The highest BCUT2D eigenvalue weighted by molar-refractivity contribution is 5.71. The van der Waals surface area contributed by atoms with Crippen LogP contribution in [-0.2, 0) is 28.6 Å². The van der Waals surface area contributed by atoms with Crippen LogP contribution >= 0.6 is 0 Å². The second-order valence-electron chi connectivity index (χ2n) is 17.1. The lowest BCUT2D eigenvalue weighted by molar-refractivity contribution is -0.167. The molecule has 1 unspecified atom stereocenters. The van der Waals surface area contributed by atoms with Crippen molar-refractivity contribution in [3.63, 3.8) is 0 Å². The molecule has 0 aliphatic rings. The van der Waals surface area contributed by atoms with Gasteiger partial charge in [-0.2, -0.15) is 0 Å². The first-order valence-electron chi connectivity index (χ1n) is 25.2. The van der Waals surface area contributed by atoms with Crippen LogP contribution in [0.25, 0.3) is 0 Å². The number of allylic oxidation sites excluding steroid dienone is 2. The van der Waals surface area contributed by atoms with Gasteiger partial charge in [0.25, 0.3) is 0 Å². The first kappa shape index (κ1) is 55.2. The van der Waals surface area contributed by atoms with Crippen molar-refractivity contribution >= 4 is 17.9 Å². The van der Waals surface area contributed by atoms with Gasteiger partial charge in [0.05, 0.1) is 0 Å². The van der Waals surface area contributed by atoms with Crippen molar-refractivity contribution in [2.45, 2.75) is 284 Å². The average Bonchev–Trinajstić information content (AvgIpc) is 3.21. The molecule has 0 aromatic carbocycles. The van der Waals surface area contributed by atoms with Crippen LogP contribution < -0.4 is 0 Å². The highest BCUT2D eigenvalue weighted by Crippen LogP contribution is 2.16. The number of rotatable bonds is 46. The fourth-order valence-electron chi connectivity index (χ4n) is 7.44. The number of unbranched alkanes of at least 4 members (excludes halogenated alkanes) is 33. The van der Waals surface area contributed by atoms with Gasteiger partial charge in [0.1, 0.15) is 13.2 Å². The maximum Gasteiger partial charge on any atom is 0.306 e. The molecule has 0 aliphatic carbocycles. The topological polar surface area (TPSA) is 78.9 Å². The molecule has 0 aliphatic heterocycles. The molecule has 0 radical (unpaired) electrons. The Balaban J connectivity index is 4.20. The summed E-state index contributed by atoms with van der Waals surface area (Å²) in [6.45, 7) is 6.61. The molecule has 0 amide bonds. The number of hydrogen-bond acceptors (Lipinski definition) is 6. The molecule has 0 heterocycles. The lowest BCUT2D eigenvalue weighted by Gasteiger charge is -2.18. The van der Waals surface area contributed by atoms with E-state index in [0.717, 1.165) is 64.2 Å². The summed E-state index contributed by atoms with van der Waals surface area (Å²) in [5.41, 5.74) is 0. The van der Waals surface area contributed by atoms with Gasteiger partial charge in [-0.15, -0.1) is 0 Å². The van der Waals surface area contributed by atoms with Crippen LogP contribution in [0.5, 0.6) is 0 Å². The van der Waals surface area contributed by atoms with Crippen LogP contribution in [0.4, 0.5) is 0 Å². The van der Waals surface area contributed by atoms with E-state index in [1.807, 2.05) is 0 Å². The molecule has 0 saturated carbocycles. The van der Waals surface area contributed by atoms with Gasteiger partial charge < -0.3 is 14.2 Å². The first-order valence-corrected chi connectivity index (χ1v) is 25.2. The van der Waals surface area contributed by atoms with E-state index >= 15 is 0 Å². The Kier molecular flexibility index (Phi) is 45.3. The molecule has 0 spiro atoms. The first-order chi connectivity index (χ1) is 28.0. The van der Waals surface area contributed by atoms with Gasteiger partial charge in [0, 0.05) is 19.3 Å². The smallest absolute Gasteiger partial charge is 0.306 e. The third kappa shape index (κ3) is 45.1. The van der Waals surface area contributed by atoms with E-state index in [1.165, 1.54) is 173 Å². The minimum absolute atomic E-state index is 0.0687. The number of hydrogen-bond donors (Lipinski definition) is 0. The Labute approximate surface area is 354 Å². The molecule has 0 bridgehead atoms. The summed E-state index contributed by atoms with van der Waals surface area (Å²) < 4.78 is 16.7. The summed E-state index contributed by atoms with van der Waals surface area (Å²) in [7, 11) is 0. The van der Waals surface area contributed by atoms with E-state index in [0.29, 0.717) is 19.3 Å². The Hall–Kier alpha value is -1.85. The second kappa shape index (κ2) is 46.8. The third-order valence-electron chi connectivity index (χ3n) is 11.3. The van der Waals surface area contributed by atoms with E-state index in [-0.39, 0.29) is 31.1 Å². The predicted molar refractivity (Wildman–Crippen MR) is 243 cm³/mol. The molecular formula is C51H96O6. The molecule has 0 rings (SSSR count). The summed E-state index contributed by atoms with van der Waals surface area (Å²) >= 11 is 0. The maximum absolute atomic E-state index is 12.7. The van der Waals surface area contributed by atoms with Crippen LogP contribution in [0.2, 0.25) is 0 Å². The van der Waals surface area contributed by atoms with Crippen LogP contribution in [0.3, 0.4) is 0 Å². The highest BCUT2D eigenvalue weighted by atomic mass is 16.6. The predicted octanol–water partition coefficient (Wildman–Crippen LogP) is 16.2. The summed E-state index contributed by atoms with van der Waals surface area (Å²) in [5.74, 6) is -0.869. The minimum Gasteiger partial charge on any atom is -0.462 e. The Bertz CT molecular complexity index is 885. The molecule has 0 saturated heterocycles. The minimum atomic E-state index is -0.766. The van der Waals surface area contributed by atoms with Crippen molar-refractivity contribution in [2.75, 3.05) is 13.2 Å². The van der Waals surface area contributed by atoms with Crippen molar-refractivity contribution in [2.24, 2.45) is 0 Å². The largest absolute Gasteiger partial charge is 0.462 e. The normalized spacial score (nSPS) is 12.0. The Morgan fingerprint density at radius 2 is 0.579 bits per heavy atom. The van der Waals surface area contributed by atoms with E-state index in [9.17, 15) is 14.4 Å². The molecule has 6 heteroatoms. The summed E-state index contributed by atoms with van der Waals surface area (Å²) in [6.07, 6.45) is 50.6. The van der Waals surface area contributed by atoms with Crippen molar-refractivity contribution in [1.82, 2.24) is 0 Å². The SMILES string of the molecule is CCCCC/C=C\CCCCCCCC(=O)OC(COC(=O)CCCCCCCCCC)COC(=O)CCCCCCCCCCCCCCCCCCCCC. The van der Waals surface area contributed by atoms with Crippen LogP contribution in [0, 0.1) is 0 Å². The molecule has 6 nitrogen and oxygen atoms in total. The van der Waals surface area contributed by atoms with Crippen LogP contribution in [-0.4, -0.2) is 37.2 Å². The Morgan fingerprint density at radius 3 is 0.912 bits per heavy atom. The fraction of sp³-hybridized carbons (Fsp3) is 0.902. The molecular weight excluding hydrogens is 709 g/mol. The molecule has 0 fully saturated rings.